The van der Waals surface area contributed by atoms with Gasteiger partial charge in [-0.2, -0.15) is 0 Å². The molecule has 1 aliphatic heterocycles. The Labute approximate surface area is 107 Å². The number of nitrogens with zero attached hydrogens (tertiary/aromatic N) is 1. The van der Waals surface area contributed by atoms with E-state index in [0.717, 1.165) is 18.7 Å². The van der Waals surface area contributed by atoms with E-state index < -0.39 is 0 Å². The molecule has 18 heavy (non-hydrogen) atoms. The maximum absolute atomic E-state index is 11.9. The summed E-state index contributed by atoms with van der Waals surface area (Å²) in [5, 5.41) is 2.73. The highest BCUT2D eigenvalue weighted by atomic mass is 16.5. The van der Waals surface area contributed by atoms with Crippen molar-refractivity contribution in [2.45, 2.75) is 6.42 Å². The van der Waals surface area contributed by atoms with Gasteiger partial charge in [0.05, 0.1) is 13.2 Å². The number of nitrogens with one attached hydrogen (secondary N) is 1. The van der Waals surface area contributed by atoms with Crippen LogP contribution < -0.4 is 10.2 Å². The number of hydrogen-bond acceptors (Lipinski definition) is 3. The van der Waals surface area contributed by atoms with Gasteiger partial charge in [-0.05, 0) is 18.1 Å². The van der Waals surface area contributed by atoms with Crippen LogP contribution in [0.15, 0.2) is 24.3 Å². The highest BCUT2D eigenvalue weighted by Crippen LogP contribution is 2.27. The first-order chi connectivity index (χ1) is 8.83. The topological polar surface area (TPSA) is 50.8 Å². The van der Waals surface area contributed by atoms with Gasteiger partial charge < -0.3 is 14.8 Å². The molecular weight excluding hydrogens is 232 g/mol. The van der Waals surface area contributed by atoms with Crippen molar-refractivity contribution in [2.24, 2.45) is 0 Å². The van der Waals surface area contributed by atoms with E-state index in [-0.39, 0.29) is 12.8 Å². The number of para-hydroxylation sites is 1. The van der Waals surface area contributed by atoms with Crippen molar-refractivity contribution < 1.29 is 14.3 Å². The first-order valence-electron chi connectivity index (χ1n) is 6.03. The highest BCUT2D eigenvalue weighted by Gasteiger charge is 2.23. The Bertz CT molecular complexity index is 409. The fourth-order valence-corrected chi connectivity index (χ4v) is 1.97. The Morgan fingerprint density at radius 1 is 1.39 bits per heavy atom. The van der Waals surface area contributed by atoms with Gasteiger partial charge in [-0.3, -0.25) is 4.90 Å². The van der Waals surface area contributed by atoms with Crippen molar-refractivity contribution in [3.63, 3.8) is 0 Å². The molecule has 0 aliphatic carbocycles. The second-order valence-electron chi connectivity index (χ2n) is 4.06. The fraction of sp³-hybridized carbons (Fsp3) is 0.462. The van der Waals surface area contributed by atoms with Gasteiger partial charge in [0.2, 0.25) is 0 Å². The maximum atomic E-state index is 11.9. The summed E-state index contributed by atoms with van der Waals surface area (Å²) in [7, 11) is 1.61. The first kappa shape index (κ1) is 12.9. The van der Waals surface area contributed by atoms with Gasteiger partial charge in [0.25, 0.3) is 0 Å². The van der Waals surface area contributed by atoms with Gasteiger partial charge in [-0.25, -0.2) is 4.79 Å². The molecule has 1 aromatic carbocycles. The number of fused-ring (bicyclic) bond motifs is 1. The van der Waals surface area contributed by atoms with E-state index >= 15 is 0 Å². The van der Waals surface area contributed by atoms with Crippen molar-refractivity contribution in [3.05, 3.63) is 29.8 Å². The van der Waals surface area contributed by atoms with Gasteiger partial charge >= 0.3 is 6.03 Å². The summed E-state index contributed by atoms with van der Waals surface area (Å²) in [5.41, 5.74) is 2.21. The van der Waals surface area contributed by atoms with E-state index in [2.05, 4.69) is 11.4 Å². The van der Waals surface area contributed by atoms with Crippen molar-refractivity contribution in [1.82, 2.24) is 5.32 Å². The number of hydrogen-bond donors (Lipinski definition) is 1. The summed E-state index contributed by atoms with van der Waals surface area (Å²) in [5.74, 6) is 0. The standard InChI is InChI=1S/C13H18N2O3/c1-17-8-9-18-10-14-13(16)15-7-6-11-4-2-3-5-12(11)15/h2-5H,6-10H2,1H3,(H,14,16). The summed E-state index contributed by atoms with van der Waals surface area (Å²) in [6.45, 7) is 1.94. The lowest BCUT2D eigenvalue weighted by molar-refractivity contribution is 0.0647. The van der Waals surface area contributed by atoms with Crippen LogP contribution >= 0.6 is 0 Å². The first-order valence-corrected chi connectivity index (χ1v) is 6.03. The number of urea groups is 1. The number of rotatable bonds is 5. The van der Waals surface area contributed by atoms with Crippen LogP contribution in [0.3, 0.4) is 0 Å². The van der Waals surface area contributed by atoms with E-state index in [1.54, 1.807) is 12.0 Å². The second kappa shape index (κ2) is 6.37. The van der Waals surface area contributed by atoms with Crippen LogP contribution in [0.5, 0.6) is 0 Å². The summed E-state index contributed by atoms with van der Waals surface area (Å²) in [6, 6.07) is 7.84. The Hall–Kier alpha value is -1.59. The highest BCUT2D eigenvalue weighted by molar-refractivity contribution is 5.94. The van der Waals surface area contributed by atoms with Crippen LogP contribution in [-0.4, -0.2) is 39.6 Å². The monoisotopic (exact) mass is 250 g/mol. The molecule has 1 aromatic rings. The molecule has 0 fully saturated rings. The summed E-state index contributed by atoms with van der Waals surface area (Å²) >= 11 is 0. The zero-order chi connectivity index (χ0) is 12.8. The molecule has 0 radical (unpaired) electrons. The van der Waals surface area contributed by atoms with E-state index in [1.807, 2.05) is 18.2 Å². The minimum Gasteiger partial charge on any atom is -0.382 e. The van der Waals surface area contributed by atoms with E-state index in [9.17, 15) is 4.79 Å². The Balaban J connectivity index is 1.80. The Kier molecular flexibility index (Phi) is 4.55. The predicted octanol–water partition coefficient (Wildman–Crippen LogP) is 1.38. The normalized spacial score (nSPS) is 13.5. The van der Waals surface area contributed by atoms with Gasteiger partial charge in [-0.15, -0.1) is 0 Å². The van der Waals surface area contributed by atoms with Gasteiger partial charge in [0, 0.05) is 19.3 Å². The maximum Gasteiger partial charge on any atom is 0.323 e. The van der Waals surface area contributed by atoms with Crippen molar-refractivity contribution >= 4 is 11.7 Å². The van der Waals surface area contributed by atoms with Crippen LogP contribution in [0.25, 0.3) is 0 Å². The molecular formula is C13H18N2O3. The molecule has 1 heterocycles. The molecule has 5 nitrogen and oxygen atoms in total. The fourth-order valence-electron chi connectivity index (χ4n) is 1.97. The molecule has 0 atom stereocenters. The Morgan fingerprint density at radius 2 is 2.22 bits per heavy atom. The van der Waals surface area contributed by atoms with Crippen LogP contribution in [-0.2, 0) is 15.9 Å². The quantitative estimate of drug-likeness (QED) is 0.634. The number of carbonyl (C=O) groups is 1. The second-order valence-corrected chi connectivity index (χ2v) is 4.06. The number of methoxy groups -OCH3 is 1. The lowest BCUT2D eigenvalue weighted by atomic mass is 10.2. The Morgan fingerprint density at radius 3 is 3.06 bits per heavy atom. The third-order valence-electron chi connectivity index (χ3n) is 2.89. The molecule has 0 unspecified atom stereocenters. The molecule has 0 aromatic heterocycles. The van der Waals surface area contributed by atoms with Crippen molar-refractivity contribution in [1.29, 1.82) is 0 Å². The predicted molar refractivity (Wildman–Crippen MR) is 68.7 cm³/mol. The number of ether oxygens (including phenoxy) is 2. The third-order valence-corrected chi connectivity index (χ3v) is 2.89. The zero-order valence-electron chi connectivity index (χ0n) is 10.5. The molecule has 98 valence electrons. The SMILES string of the molecule is COCCOCNC(=O)N1CCc2ccccc21. The number of amides is 2. The van der Waals surface area contributed by atoms with E-state index in [4.69, 9.17) is 9.47 Å². The summed E-state index contributed by atoms with van der Waals surface area (Å²) in [4.78, 5) is 13.7. The van der Waals surface area contributed by atoms with Crippen LogP contribution in [0.1, 0.15) is 5.56 Å². The molecule has 1 aliphatic rings. The van der Waals surface area contributed by atoms with Gasteiger partial charge in [0.1, 0.15) is 6.73 Å². The van der Waals surface area contributed by atoms with Gasteiger partial charge in [-0.1, -0.05) is 18.2 Å². The molecule has 0 saturated carbocycles. The van der Waals surface area contributed by atoms with Crippen LogP contribution in [0.2, 0.25) is 0 Å². The summed E-state index contributed by atoms with van der Waals surface area (Å²) < 4.78 is 10.1. The summed E-state index contributed by atoms with van der Waals surface area (Å²) in [6.07, 6.45) is 0.911. The van der Waals surface area contributed by atoms with Crippen molar-refractivity contribution in [3.8, 4) is 0 Å². The number of anilines is 1. The van der Waals surface area contributed by atoms with Crippen LogP contribution in [0, 0.1) is 0 Å². The van der Waals surface area contributed by atoms with Crippen LogP contribution in [0.4, 0.5) is 10.5 Å². The molecule has 2 amide bonds. The minimum absolute atomic E-state index is 0.114. The third kappa shape index (κ3) is 3.00. The lowest BCUT2D eigenvalue weighted by Gasteiger charge is -2.18. The number of benzene rings is 1. The largest absolute Gasteiger partial charge is 0.382 e. The molecule has 0 bridgehead atoms. The molecule has 5 heteroatoms. The average molecular weight is 250 g/mol. The molecule has 1 N–H and O–H groups in total. The lowest BCUT2D eigenvalue weighted by Crippen LogP contribution is -2.40. The average Bonchev–Trinajstić information content (AvgIpc) is 2.82. The molecule has 0 saturated heterocycles. The smallest absolute Gasteiger partial charge is 0.323 e. The molecule has 0 spiro atoms. The minimum atomic E-state index is -0.114. The van der Waals surface area contributed by atoms with E-state index in [1.165, 1.54) is 5.56 Å². The zero-order valence-corrected chi connectivity index (χ0v) is 10.5. The van der Waals surface area contributed by atoms with Gasteiger partial charge in [0.15, 0.2) is 0 Å². The van der Waals surface area contributed by atoms with Crippen molar-refractivity contribution in [2.75, 3.05) is 38.5 Å². The van der Waals surface area contributed by atoms with E-state index in [0.29, 0.717) is 13.2 Å². The number of carbonyl (C=O) groups excluding carboxylic acids is 1. The molecule has 2 rings (SSSR count).